The van der Waals surface area contributed by atoms with Crippen LogP contribution in [-0.4, -0.2) is 55.8 Å². The van der Waals surface area contributed by atoms with Crippen molar-refractivity contribution in [1.82, 2.24) is 30.1 Å². The molecule has 5 heterocycles. The number of anilines is 3. The van der Waals surface area contributed by atoms with E-state index in [0.29, 0.717) is 35.7 Å². The van der Waals surface area contributed by atoms with Crippen LogP contribution in [0.1, 0.15) is 65.5 Å². The average Bonchev–Trinajstić information content (AvgIpc) is 3.54. The fraction of sp³-hybridized carbons (Fsp3) is 0.600. The van der Waals surface area contributed by atoms with Gasteiger partial charge in [-0.3, -0.25) is 9.89 Å². The molecule has 0 saturated carbocycles. The number of ketones is 1. The zero-order valence-corrected chi connectivity index (χ0v) is 20.7. The van der Waals surface area contributed by atoms with Gasteiger partial charge in [-0.15, -0.1) is 5.10 Å². The lowest BCUT2D eigenvalue weighted by atomic mass is 9.84. The number of aromatic nitrogens is 5. The highest BCUT2D eigenvalue weighted by molar-refractivity contribution is 5.92. The van der Waals surface area contributed by atoms with Gasteiger partial charge in [-0.1, -0.05) is 20.8 Å². The van der Waals surface area contributed by atoms with Crippen molar-refractivity contribution in [3.8, 4) is 0 Å². The average molecular weight is 465 g/mol. The molecule has 9 heteroatoms. The SMILES string of the molecule is CC(C)(C)c1cc(Nc2nc(N3CCC[C@@]3(C)C(=O)CC3CCCNC3)nn3cccc23)n[nH]1. The van der Waals surface area contributed by atoms with Gasteiger partial charge in [-0.2, -0.15) is 10.1 Å². The minimum absolute atomic E-state index is 0.0281. The molecule has 2 fully saturated rings. The fourth-order valence-electron chi connectivity index (χ4n) is 5.17. The number of Topliss-reactive ketones (excluding diaryl/α,β-unsaturated/α-hetero) is 1. The molecule has 1 unspecified atom stereocenters. The molecule has 2 saturated heterocycles. The van der Waals surface area contributed by atoms with Gasteiger partial charge in [0, 0.05) is 36.3 Å². The molecule has 0 amide bonds. The number of nitrogens with one attached hydrogen (secondary N) is 3. The molecule has 2 atom stereocenters. The third kappa shape index (κ3) is 4.29. The Balaban J connectivity index is 1.44. The van der Waals surface area contributed by atoms with Gasteiger partial charge in [0.1, 0.15) is 5.52 Å². The monoisotopic (exact) mass is 464 g/mol. The fourth-order valence-corrected chi connectivity index (χ4v) is 5.17. The predicted molar refractivity (Wildman–Crippen MR) is 134 cm³/mol. The van der Waals surface area contributed by atoms with Crippen LogP contribution in [0, 0.1) is 5.92 Å². The number of rotatable bonds is 6. The third-order valence-electron chi connectivity index (χ3n) is 7.37. The van der Waals surface area contributed by atoms with Gasteiger partial charge < -0.3 is 15.5 Å². The Bertz CT molecular complexity index is 1170. The molecule has 182 valence electrons. The van der Waals surface area contributed by atoms with E-state index >= 15 is 0 Å². The van der Waals surface area contributed by atoms with Crippen LogP contribution in [0.15, 0.2) is 24.4 Å². The first-order chi connectivity index (χ1) is 16.2. The molecule has 34 heavy (non-hydrogen) atoms. The number of aromatic amines is 1. The summed E-state index contributed by atoms with van der Waals surface area (Å²) in [7, 11) is 0. The second-order valence-corrected chi connectivity index (χ2v) is 11.0. The van der Waals surface area contributed by atoms with Gasteiger partial charge in [0.15, 0.2) is 17.4 Å². The van der Waals surface area contributed by atoms with Crippen molar-refractivity contribution in [3.05, 3.63) is 30.1 Å². The lowest BCUT2D eigenvalue weighted by molar-refractivity contribution is -0.124. The number of piperidine rings is 1. The minimum atomic E-state index is -0.582. The molecule has 0 radical (unpaired) electrons. The second kappa shape index (κ2) is 8.69. The van der Waals surface area contributed by atoms with Crippen LogP contribution < -0.4 is 15.5 Å². The first kappa shape index (κ1) is 22.8. The Morgan fingerprint density at radius 1 is 1.32 bits per heavy atom. The van der Waals surface area contributed by atoms with Crippen molar-refractivity contribution >= 4 is 28.9 Å². The molecule has 5 rings (SSSR count). The number of hydrogen-bond donors (Lipinski definition) is 3. The molecule has 3 aromatic heterocycles. The predicted octanol–water partition coefficient (Wildman–Crippen LogP) is 3.81. The summed E-state index contributed by atoms with van der Waals surface area (Å²) >= 11 is 0. The van der Waals surface area contributed by atoms with Gasteiger partial charge in [-0.25, -0.2) is 4.52 Å². The summed E-state index contributed by atoms with van der Waals surface area (Å²) in [5.74, 6) is 2.68. The van der Waals surface area contributed by atoms with Gasteiger partial charge in [-0.05, 0) is 63.7 Å². The maximum absolute atomic E-state index is 13.5. The number of fused-ring (bicyclic) bond motifs is 1. The second-order valence-electron chi connectivity index (χ2n) is 11.0. The van der Waals surface area contributed by atoms with E-state index < -0.39 is 5.54 Å². The molecule has 2 aliphatic heterocycles. The highest BCUT2D eigenvalue weighted by atomic mass is 16.1. The molecular weight excluding hydrogens is 428 g/mol. The van der Waals surface area contributed by atoms with E-state index in [1.54, 1.807) is 0 Å². The quantitative estimate of drug-likeness (QED) is 0.510. The Kier molecular flexibility index (Phi) is 5.83. The largest absolute Gasteiger partial charge is 0.327 e. The van der Waals surface area contributed by atoms with Crippen molar-refractivity contribution < 1.29 is 4.79 Å². The number of H-pyrrole nitrogens is 1. The van der Waals surface area contributed by atoms with E-state index in [0.717, 1.165) is 56.5 Å². The van der Waals surface area contributed by atoms with E-state index in [1.165, 1.54) is 0 Å². The van der Waals surface area contributed by atoms with Crippen molar-refractivity contribution in [2.75, 3.05) is 29.9 Å². The first-order valence-corrected chi connectivity index (χ1v) is 12.4. The summed E-state index contributed by atoms with van der Waals surface area (Å²) in [4.78, 5) is 20.6. The molecule has 0 spiro atoms. The summed E-state index contributed by atoms with van der Waals surface area (Å²) in [5, 5.41) is 19.2. The molecule has 0 aliphatic carbocycles. The number of hydrogen-bond acceptors (Lipinski definition) is 7. The zero-order valence-electron chi connectivity index (χ0n) is 20.7. The highest BCUT2D eigenvalue weighted by Crippen LogP contribution is 2.36. The summed E-state index contributed by atoms with van der Waals surface area (Å²) in [5.41, 5.74) is 1.30. The minimum Gasteiger partial charge on any atom is -0.327 e. The molecule has 9 nitrogen and oxygen atoms in total. The van der Waals surface area contributed by atoms with Gasteiger partial charge in [0.25, 0.3) is 0 Å². The number of carbonyl (C=O) groups excluding carboxylic acids is 1. The van der Waals surface area contributed by atoms with Crippen molar-refractivity contribution in [2.45, 2.75) is 70.8 Å². The Morgan fingerprint density at radius 2 is 2.18 bits per heavy atom. The van der Waals surface area contributed by atoms with Crippen LogP contribution in [0.3, 0.4) is 0 Å². The topological polar surface area (TPSA) is 103 Å². The third-order valence-corrected chi connectivity index (χ3v) is 7.37. The van der Waals surface area contributed by atoms with Crippen LogP contribution in [0.4, 0.5) is 17.6 Å². The summed E-state index contributed by atoms with van der Waals surface area (Å²) in [6, 6.07) is 5.95. The van der Waals surface area contributed by atoms with E-state index in [4.69, 9.17) is 10.1 Å². The van der Waals surface area contributed by atoms with Crippen LogP contribution in [0.2, 0.25) is 0 Å². The first-order valence-electron chi connectivity index (χ1n) is 12.4. The van der Waals surface area contributed by atoms with Gasteiger partial charge in [0.2, 0.25) is 5.95 Å². The molecular formula is C25H36N8O. The highest BCUT2D eigenvalue weighted by Gasteiger charge is 2.45. The van der Waals surface area contributed by atoms with E-state index in [2.05, 4.69) is 53.4 Å². The Morgan fingerprint density at radius 3 is 2.91 bits per heavy atom. The lowest BCUT2D eigenvalue weighted by Gasteiger charge is -2.35. The molecule has 3 N–H and O–H groups in total. The standard InChI is InChI=1S/C25H36N8O/c1-24(2,3)19-15-21(30-29-19)27-22-18-9-6-13-33(18)31-23(28-22)32-12-7-10-25(32,4)20(34)14-17-8-5-11-26-16-17/h6,9,13,15,17,26H,5,7-8,10-12,14,16H2,1-4H3,(H2,27,28,29,30,31)/t17?,25-/m0/s1. The van der Waals surface area contributed by atoms with Crippen LogP contribution in [0.5, 0.6) is 0 Å². The molecule has 0 aromatic carbocycles. The van der Waals surface area contributed by atoms with E-state index in [-0.39, 0.29) is 5.41 Å². The summed E-state index contributed by atoms with van der Waals surface area (Å²) in [6.45, 7) is 11.3. The van der Waals surface area contributed by atoms with E-state index in [9.17, 15) is 4.79 Å². The number of nitrogens with zero attached hydrogens (tertiary/aromatic N) is 5. The van der Waals surface area contributed by atoms with Crippen molar-refractivity contribution in [3.63, 3.8) is 0 Å². The van der Waals surface area contributed by atoms with Crippen molar-refractivity contribution in [1.29, 1.82) is 0 Å². The Hall–Kier alpha value is -2.94. The summed E-state index contributed by atoms with van der Waals surface area (Å²) < 4.78 is 1.83. The zero-order chi connectivity index (χ0) is 23.9. The van der Waals surface area contributed by atoms with Crippen molar-refractivity contribution in [2.24, 2.45) is 5.92 Å². The Labute approximate surface area is 200 Å². The maximum atomic E-state index is 13.5. The van der Waals surface area contributed by atoms with Crippen LogP contribution in [0.25, 0.3) is 5.52 Å². The van der Waals surface area contributed by atoms with E-state index in [1.807, 2.05) is 28.9 Å². The smallest absolute Gasteiger partial charge is 0.246 e. The summed E-state index contributed by atoms with van der Waals surface area (Å²) in [6.07, 6.45) is 6.57. The van der Waals surface area contributed by atoms with Gasteiger partial charge in [0.05, 0.1) is 5.54 Å². The molecule has 3 aromatic rings. The molecule has 2 aliphatic rings. The normalized spacial score (nSPS) is 23.5. The maximum Gasteiger partial charge on any atom is 0.246 e. The lowest BCUT2D eigenvalue weighted by Crippen LogP contribution is -2.50. The van der Waals surface area contributed by atoms with Crippen LogP contribution in [-0.2, 0) is 10.2 Å². The molecule has 0 bridgehead atoms. The van der Waals surface area contributed by atoms with Crippen LogP contribution >= 0.6 is 0 Å². The van der Waals surface area contributed by atoms with Gasteiger partial charge >= 0.3 is 0 Å². The number of carbonyl (C=O) groups is 1.